The molecule has 0 aromatic carbocycles. The van der Waals surface area contributed by atoms with Crippen molar-refractivity contribution in [2.45, 2.75) is 44.2 Å². The lowest BCUT2D eigenvalue weighted by Crippen LogP contribution is -2.57. The quantitative estimate of drug-likeness (QED) is 0.709. The van der Waals surface area contributed by atoms with Crippen molar-refractivity contribution in [1.29, 1.82) is 0 Å². The molecule has 0 spiro atoms. The second kappa shape index (κ2) is 5.99. The molecule has 16 heavy (non-hydrogen) atoms. The van der Waals surface area contributed by atoms with Gasteiger partial charge in [-0.2, -0.15) is 0 Å². The van der Waals surface area contributed by atoms with Crippen LogP contribution in [0.2, 0.25) is 0 Å². The Morgan fingerprint density at radius 1 is 1.25 bits per heavy atom. The van der Waals surface area contributed by atoms with Crippen LogP contribution in [0, 0.1) is 0 Å². The van der Waals surface area contributed by atoms with Crippen LogP contribution in [0.3, 0.4) is 0 Å². The van der Waals surface area contributed by atoms with Crippen molar-refractivity contribution in [1.82, 2.24) is 15.1 Å². The van der Waals surface area contributed by atoms with E-state index in [1.165, 1.54) is 32.2 Å². The maximum Gasteiger partial charge on any atom is 0.0330 e. The fourth-order valence-electron chi connectivity index (χ4n) is 2.70. The van der Waals surface area contributed by atoms with Crippen LogP contribution < -0.4 is 5.32 Å². The first-order valence-electron chi connectivity index (χ1n) is 6.57. The van der Waals surface area contributed by atoms with E-state index in [0.717, 1.165) is 6.54 Å². The third-order valence-electron chi connectivity index (χ3n) is 4.23. The largest absolute Gasteiger partial charge is 0.316 e. The Morgan fingerprint density at radius 2 is 1.88 bits per heavy atom. The highest BCUT2D eigenvalue weighted by Gasteiger charge is 2.39. The van der Waals surface area contributed by atoms with Gasteiger partial charge in [-0.25, -0.2) is 0 Å². The number of nitrogens with one attached hydrogen (secondary N) is 1. The molecule has 1 aliphatic rings. The van der Waals surface area contributed by atoms with Gasteiger partial charge in [0.1, 0.15) is 0 Å². The Balaban J connectivity index is 2.40. The summed E-state index contributed by atoms with van der Waals surface area (Å²) in [5.74, 6) is 0. The maximum absolute atomic E-state index is 3.38. The molecule has 1 N–H and O–H groups in total. The first-order chi connectivity index (χ1) is 7.54. The molecule has 1 unspecified atom stereocenters. The lowest BCUT2D eigenvalue weighted by atomic mass is 9.75. The molecule has 1 aliphatic carbocycles. The number of nitrogens with zero attached hydrogens (tertiary/aromatic N) is 2. The predicted octanol–water partition coefficient (Wildman–Crippen LogP) is 1.40. The molecule has 0 aromatic heterocycles. The van der Waals surface area contributed by atoms with Gasteiger partial charge in [0.15, 0.2) is 0 Å². The fourth-order valence-corrected chi connectivity index (χ4v) is 2.70. The van der Waals surface area contributed by atoms with Gasteiger partial charge in [0.25, 0.3) is 0 Å². The average Bonchev–Trinajstić information content (AvgIpc) is 2.19. The summed E-state index contributed by atoms with van der Waals surface area (Å²) in [6.45, 7) is 4.61. The normalized spacial score (nSPS) is 21.2. The van der Waals surface area contributed by atoms with Gasteiger partial charge in [-0.15, -0.1) is 0 Å². The van der Waals surface area contributed by atoms with Crippen LogP contribution >= 0.6 is 0 Å². The first kappa shape index (κ1) is 13.9. The van der Waals surface area contributed by atoms with Gasteiger partial charge in [0, 0.05) is 24.7 Å². The van der Waals surface area contributed by atoms with Gasteiger partial charge >= 0.3 is 0 Å². The molecule has 0 saturated heterocycles. The summed E-state index contributed by atoms with van der Waals surface area (Å²) in [4.78, 5) is 4.91. The number of likely N-dealkylation sites (N-methyl/N-ethyl adjacent to an activating group) is 3. The summed E-state index contributed by atoms with van der Waals surface area (Å²) >= 11 is 0. The molecule has 0 radical (unpaired) electrons. The number of rotatable bonds is 7. The fraction of sp³-hybridized carbons (Fsp3) is 1.00. The van der Waals surface area contributed by atoms with Crippen molar-refractivity contribution < 1.29 is 0 Å². The van der Waals surface area contributed by atoms with E-state index in [0.29, 0.717) is 11.6 Å². The summed E-state index contributed by atoms with van der Waals surface area (Å²) in [6, 6.07) is 0.629. The van der Waals surface area contributed by atoms with Crippen LogP contribution in [0.25, 0.3) is 0 Å². The van der Waals surface area contributed by atoms with Crippen LogP contribution in [0.5, 0.6) is 0 Å². The van der Waals surface area contributed by atoms with Gasteiger partial charge in [0.05, 0.1) is 0 Å². The van der Waals surface area contributed by atoms with Crippen molar-refractivity contribution >= 4 is 0 Å². The summed E-state index contributed by atoms with van der Waals surface area (Å²) in [5.41, 5.74) is 0.459. The van der Waals surface area contributed by atoms with Crippen LogP contribution in [-0.4, -0.2) is 62.7 Å². The highest BCUT2D eigenvalue weighted by molar-refractivity contribution is 4.98. The minimum absolute atomic E-state index is 0.459. The van der Waals surface area contributed by atoms with Crippen LogP contribution in [0.15, 0.2) is 0 Å². The van der Waals surface area contributed by atoms with E-state index >= 15 is 0 Å². The van der Waals surface area contributed by atoms with Crippen molar-refractivity contribution in [3.05, 3.63) is 0 Å². The van der Waals surface area contributed by atoms with Gasteiger partial charge in [-0.05, 0) is 53.9 Å². The topological polar surface area (TPSA) is 18.5 Å². The minimum atomic E-state index is 0.459. The van der Waals surface area contributed by atoms with E-state index in [1.807, 2.05) is 0 Å². The molecule has 0 aromatic rings. The van der Waals surface area contributed by atoms with Crippen LogP contribution in [0.4, 0.5) is 0 Å². The Hall–Kier alpha value is -0.120. The Kier molecular flexibility index (Phi) is 5.22. The van der Waals surface area contributed by atoms with E-state index in [2.05, 4.69) is 50.2 Å². The monoisotopic (exact) mass is 227 g/mol. The molecule has 0 amide bonds. The highest BCUT2D eigenvalue weighted by atomic mass is 15.2. The van der Waals surface area contributed by atoms with Crippen molar-refractivity contribution in [3.8, 4) is 0 Å². The molecule has 1 fully saturated rings. The number of hydrogen-bond donors (Lipinski definition) is 1. The molecule has 1 rings (SSSR count). The van der Waals surface area contributed by atoms with E-state index in [-0.39, 0.29) is 0 Å². The zero-order chi connectivity index (χ0) is 12.2. The summed E-state index contributed by atoms with van der Waals surface area (Å²) in [5, 5.41) is 3.38. The van der Waals surface area contributed by atoms with Crippen molar-refractivity contribution in [3.63, 3.8) is 0 Å². The standard InChI is InChI=1S/C13H29N3/c1-6-12(14-2)10-16(5)11-13(15(3)4)8-7-9-13/h12,14H,6-11H2,1-5H3. The predicted molar refractivity (Wildman–Crippen MR) is 70.9 cm³/mol. The minimum Gasteiger partial charge on any atom is -0.316 e. The first-order valence-corrected chi connectivity index (χ1v) is 6.57. The summed E-state index contributed by atoms with van der Waals surface area (Å²) in [7, 11) is 8.77. The Morgan fingerprint density at radius 3 is 2.19 bits per heavy atom. The molecular weight excluding hydrogens is 198 g/mol. The van der Waals surface area contributed by atoms with Gasteiger partial charge < -0.3 is 15.1 Å². The zero-order valence-corrected chi connectivity index (χ0v) is 11.7. The average molecular weight is 227 g/mol. The smallest absolute Gasteiger partial charge is 0.0330 e. The maximum atomic E-state index is 3.38. The Labute approximate surface area is 101 Å². The van der Waals surface area contributed by atoms with Crippen molar-refractivity contribution in [2.75, 3.05) is 41.3 Å². The van der Waals surface area contributed by atoms with Gasteiger partial charge in [-0.3, -0.25) is 0 Å². The SMILES string of the molecule is CCC(CN(C)CC1(N(C)C)CCC1)NC. The van der Waals surface area contributed by atoms with Gasteiger partial charge in [-0.1, -0.05) is 6.92 Å². The molecule has 1 atom stereocenters. The molecule has 96 valence electrons. The number of hydrogen-bond acceptors (Lipinski definition) is 3. The molecule has 3 heteroatoms. The Bertz CT molecular complexity index is 195. The zero-order valence-electron chi connectivity index (χ0n) is 11.7. The molecule has 0 aliphatic heterocycles. The van der Waals surface area contributed by atoms with Crippen LogP contribution in [-0.2, 0) is 0 Å². The summed E-state index contributed by atoms with van der Waals surface area (Å²) < 4.78 is 0. The second-order valence-electron chi connectivity index (χ2n) is 5.56. The molecule has 0 bridgehead atoms. The van der Waals surface area contributed by atoms with Gasteiger partial charge in [0.2, 0.25) is 0 Å². The lowest BCUT2D eigenvalue weighted by molar-refractivity contribution is 0.0257. The van der Waals surface area contributed by atoms with E-state index in [9.17, 15) is 0 Å². The highest BCUT2D eigenvalue weighted by Crippen LogP contribution is 2.36. The molecule has 1 saturated carbocycles. The molecule has 3 nitrogen and oxygen atoms in total. The van der Waals surface area contributed by atoms with E-state index in [1.54, 1.807) is 0 Å². The van der Waals surface area contributed by atoms with E-state index < -0.39 is 0 Å². The summed E-state index contributed by atoms with van der Waals surface area (Å²) in [6.07, 6.45) is 5.33. The molecular formula is C13H29N3. The lowest BCUT2D eigenvalue weighted by Gasteiger charge is -2.49. The second-order valence-corrected chi connectivity index (χ2v) is 5.56. The third-order valence-corrected chi connectivity index (χ3v) is 4.23. The third kappa shape index (κ3) is 3.19. The van der Waals surface area contributed by atoms with Crippen LogP contribution in [0.1, 0.15) is 32.6 Å². The van der Waals surface area contributed by atoms with Crippen molar-refractivity contribution in [2.24, 2.45) is 0 Å². The molecule has 0 heterocycles. The van der Waals surface area contributed by atoms with E-state index in [4.69, 9.17) is 0 Å².